The fraction of sp³-hybridized carbons (Fsp3) is 0.909. The monoisotopic (exact) mass is 199 g/mol. The second-order valence-corrected chi connectivity index (χ2v) is 4.33. The minimum atomic E-state index is -0.637. The molecule has 1 aliphatic heterocycles. The van der Waals surface area contributed by atoms with Crippen molar-refractivity contribution in [3.8, 4) is 0 Å². The van der Waals surface area contributed by atoms with Crippen molar-refractivity contribution in [2.45, 2.75) is 45.6 Å². The second kappa shape index (κ2) is 5.35. The van der Waals surface area contributed by atoms with Gasteiger partial charge in [0.2, 0.25) is 0 Å². The van der Waals surface area contributed by atoms with Crippen molar-refractivity contribution >= 4 is 5.97 Å². The van der Waals surface area contributed by atoms with Crippen LogP contribution in [0.5, 0.6) is 0 Å². The van der Waals surface area contributed by atoms with Crippen LogP contribution in [0.25, 0.3) is 0 Å². The molecule has 1 heterocycles. The molecule has 0 aromatic carbocycles. The minimum absolute atomic E-state index is 0.108. The van der Waals surface area contributed by atoms with Gasteiger partial charge >= 0.3 is 5.97 Å². The van der Waals surface area contributed by atoms with Gasteiger partial charge < -0.3 is 5.11 Å². The molecule has 0 radical (unpaired) electrons. The summed E-state index contributed by atoms with van der Waals surface area (Å²) in [5.74, 6) is -0.745. The van der Waals surface area contributed by atoms with Gasteiger partial charge in [-0.2, -0.15) is 0 Å². The van der Waals surface area contributed by atoms with Crippen LogP contribution in [0.4, 0.5) is 0 Å². The number of hydrogen-bond donors (Lipinski definition) is 1. The van der Waals surface area contributed by atoms with Crippen molar-refractivity contribution in [3.05, 3.63) is 0 Å². The average molecular weight is 199 g/mol. The van der Waals surface area contributed by atoms with Crippen LogP contribution in [0.1, 0.15) is 39.5 Å². The summed E-state index contributed by atoms with van der Waals surface area (Å²) in [6, 6.07) is 0.567. The van der Waals surface area contributed by atoms with Gasteiger partial charge in [-0.25, -0.2) is 0 Å². The Balaban J connectivity index is 2.10. The van der Waals surface area contributed by atoms with E-state index >= 15 is 0 Å². The molecule has 0 aromatic heterocycles. The van der Waals surface area contributed by atoms with Gasteiger partial charge in [-0.05, 0) is 13.3 Å². The summed E-state index contributed by atoms with van der Waals surface area (Å²) >= 11 is 0. The van der Waals surface area contributed by atoms with Gasteiger partial charge in [0, 0.05) is 19.1 Å². The van der Waals surface area contributed by atoms with Gasteiger partial charge in [0.25, 0.3) is 0 Å². The van der Waals surface area contributed by atoms with E-state index in [9.17, 15) is 4.79 Å². The molecule has 1 atom stereocenters. The Labute approximate surface area is 86.1 Å². The molecule has 3 heteroatoms. The molecule has 1 fully saturated rings. The molecule has 3 nitrogen and oxygen atoms in total. The number of unbranched alkanes of at least 4 members (excludes halogenated alkanes) is 2. The van der Waals surface area contributed by atoms with E-state index in [1.54, 1.807) is 0 Å². The summed E-state index contributed by atoms with van der Waals surface area (Å²) in [7, 11) is 0. The highest BCUT2D eigenvalue weighted by Gasteiger charge is 2.34. The van der Waals surface area contributed by atoms with E-state index in [2.05, 4.69) is 18.7 Å². The maximum atomic E-state index is 10.6. The molecule has 1 N–H and O–H groups in total. The molecular formula is C11H21NO2. The van der Waals surface area contributed by atoms with E-state index in [1.165, 1.54) is 25.7 Å². The molecule has 0 saturated carbocycles. The zero-order valence-electron chi connectivity index (χ0n) is 9.20. The third-order valence-electron chi connectivity index (χ3n) is 3.11. The molecule has 1 aliphatic rings. The summed E-state index contributed by atoms with van der Waals surface area (Å²) in [5, 5.41) is 8.72. The van der Waals surface area contributed by atoms with Crippen LogP contribution in [0, 0.1) is 5.92 Å². The van der Waals surface area contributed by atoms with Gasteiger partial charge in [-0.1, -0.05) is 26.2 Å². The lowest BCUT2D eigenvalue weighted by Gasteiger charge is -2.41. The first-order valence-electron chi connectivity index (χ1n) is 5.62. The molecule has 82 valence electrons. The van der Waals surface area contributed by atoms with E-state index in [1.807, 2.05) is 0 Å². The normalized spacial score (nSPS) is 20.4. The Kier molecular flexibility index (Phi) is 4.39. The van der Waals surface area contributed by atoms with E-state index < -0.39 is 5.97 Å². The molecule has 0 amide bonds. The average Bonchev–Trinajstić information content (AvgIpc) is 2.01. The highest BCUT2D eigenvalue weighted by molar-refractivity contribution is 5.71. The zero-order valence-corrected chi connectivity index (χ0v) is 9.20. The predicted octanol–water partition coefficient (Wildman–Crippen LogP) is 1.97. The molecule has 0 bridgehead atoms. The smallest absolute Gasteiger partial charge is 0.309 e. The largest absolute Gasteiger partial charge is 0.481 e. The lowest BCUT2D eigenvalue weighted by molar-refractivity contribution is -0.148. The van der Waals surface area contributed by atoms with Crippen LogP contribution in [-0.4, -0.2) is 35.1 Å². The number of carboxylic acids is 1. The van der Waals surface area contributed by atoms with Gasteiger partial charge in [0.05, 0.1) is 5.92 Å². The van der Waals surface area contributed by atoms with Gasteiger partial charge in [0.1, 0.15) is 0 Å². The third-order valence-corrected chi connectivity index (χ3v) is 3.11. The molecule has 1 rings (SSSR count). The van der Waals surface area contributed by atoms with Crippen molar-refractivity contribution in [1.29, 1.82) is 0 Å². The van der Waals surface area contributed by atoms with Crippen molar-refractivity contribution < 1.29 is 9.90 Å². The number of rotatable bonds is 6. The first kappa shape index (κ1) is 11.5. The van der Waals surface area contributed by atoms with Crippen LogP contribution in [0.15, 0.2) is 0 Å². The van der Waals surface area contributed by atoms with Crippen molar-refractivity contribution in [3.63, 3.8) is 0 Å². The molecule has 14 heavy (non-hydrogen) atoms. The summed E-state index contributed by atoms with van der Waals surface area (Å²) in [5.41, 5.74) is 0. The molecule has 0 aromatic rings. The van der Waals surface area contributed by atoms with Crippen LogP contribution in [0.3, 0.4) is 0 Å². The van der Waals surface area contributed by atoms with Crippen LogP contribution in [-0.2, 0) is 4.79 Å². The van der Waals surface area contributed by atoms with E-state index in [-0.39, 0.29) is 5.92 Å². The zero-order chi connectivity index (χ0) is 10.6. The summed E-state index contributed by atoms with van der Waals surface area (Å²) < 4.78 is 0. The lowest BCUT2D eigenvalue weighted by atomic mass is 9.96. The lowest BCUT2D eigenvalue weighted by Crippen LogP contribution is -2.53. The Morgan fingerprint density at radius 2 is 2.14 bits per heavy atom. The number of hydrogen-bond acceptors (Lipinski definition) is 2. The number of carboxylic acid groups (broad SMARTS) is 1. The first-order valence-corrected chi connectivity index (χ1v) is 5.62. The molecule has 0 aliphatic carbocycles. The van der Waals surface area contributed by atoms with Gasteiger partial charge in [-0.3, -0.25) is 9.69 Å². The van der Waals surface area contributed by atoms with Crippen LogP contribution in [0.2, 0.25) is 0 Å². The fourth-order valence-corrected chi connectivity index (χ4v) is 1.90. The molecular weight excluding hydrogens is 178 g/mol. The number of nitrogens with zero attached hydrogens (tertiary/aromatic N) is 1. The van der Waals surface area contributed by atoms with E-state index in [4.69, 9.17) is 5.11 Å². The summed E-state index contributed by atoms with van der Waals surface area (Å²) in [6.07, 6.45) is 5.02. The second-order valence-electron chi connectivity index (χ2n) is 4.33. The Morgan fingerprint density at radius 3 is 2.64 bits per heavy atom. The predicted molar refractivity (Wildman–Crippen MR) is 56.3 cm³/mol. The van der Waals surface area contributed by atoms with Gasteiger partial charge in [-0.15, -0.1) is 0 Å². The fourth-order valence-electron chi connectivity index (χ4n) is 1.90. The maximum Gasteiger partial charge on any atom is 0.309 e. The molecule has 1 unspecified atom stereocenters. The number of likely N-dealkylation sites (tertiary alicyclic amines) is 1. The van der Waals surface area contributed by atoms with E-state index in [0.29, 0.717) is 6.04 Å². The van der Waals surface area contributed by atoms with Crippen LogP contribution >= 0.6 is 0 Å². The molecule has 0 spiro atoms. The minimum Gasteiger partial charge on any atom is -0.481 e. The topological polar surface area (TPSA) is 40.5 Å². The highest BCUT2D eigenvalue weighted by atomic mass is 16.4. The third kappa shape index (κ3) is 2.98. The van der Waals surface area contributed by atoms with Crippen molar-refractivity contribution in [2.24, 2.45) is 5.92 Å². The van der Waals surface area contributed by atoms with Crippen LogP contribution < -0.4 is 0 Å². The first-order chi connectivity index (χ1) is 6.65. The Bertz CT molecular complexity index is 188. The van der Waals surface area contributed by atoms with Gasteiger partial charge in [0.15, 0.2) is 0 Å². The summed E-state index contributed by atoms with van der Waals surface area (Å²) in [6.45, 7) is 5.91. The van der Waals surface area contributed by atoms with E-state index in [0.717, 1.165) is 13.1 Å². The Morgan fingerprint density at radius 1 is 1.50 bits per heavy atom. The quantitative estimate of drug-likeness (QED) is 0.665. The standard InChI is InChI=1S/C11H21NO2/c1-3-4-5-6-9(2)12-7-10(8-12)11(13)14/h9-10H,3-8H2,1-2H3,(H,13,14). The Hall–Kier alpha value is -0.570. The highest BCUT2D eigenvalue weighted by Crippen LogP contribution is 2.21. The SMILES string of the molecule is CCCCCC(C)N1CC(C(=O)O)C1. The summed E-state index contributed by atoms with van der Waals surface area (Å²) in [4.78, 5) is 12.9. The maximum absolute atomic E-state index is 10.6. The van der Waals surface area contributed by atoms with Crippen molar-refractivity contribution in [2.75, 3.05) is 13.1 Å². The number of carbonyl (C=O) groups is 1. The van der Waals surface area contributed by atoms with Crippen molar-refractivity contribution in [1.82, 2.24) is 4.90 Å². The number of aliphatic carboxylic acids is 1. The molecule has 1 saturated heterocycles.